The van der Waals surface area contributed by atoms with Gasteiger partial charge in [-0.15, -0.1) is 0 Å². The molecular weight excluding hydrogens is 234 g/mol. The number of benzene rings is 1. The zero-order chi connectivity index (χ0) is 13.1. The van der Waals surface area contributed by atoms with E-state index in [2.05, 4.69) is 10.6 Å². The van der Waals surface area contributed by atoms with E-state index in [1.165, 1.54) is 7.11 Å². The monoisotopic (exact) mass is 249 g/mol. The largest absolute Gasteiger partial charge is 0.495 e. The van der Waals surface area contributed by atoms with Crippen LogP contribution in [0.2, 0.25) is 0 Å². The Kier molecular flexibility index (Phi) is 3.36. The molecular formula is C12H15N3O3. The molecule has 18 heavy (non-hydrogen) atoms. The first-order valence-electron chi connectivity index (χ1n) is 5.61. The van der Waals surface area contributed by atoms with Crippen LogP contribution < -0.4 is 21.1 Å². The lowest BCUT2D eigenvalue weighted by molar-refractivity contribution is -0.123. The number of nitrogens with two attached hydrogens (primary N) is 1. The summed E-state index contributed by atoms with van der Waals surface area (Å²) in [5.74, 6) is -0.0335. The summed E-state index contributed by atoms with van der Waals surface area (Å²) < 4.78 is 5.03. The van der Waals surface area contributed by atoms with Gasteiger partial charge in [0.2, 0.25) is 11.8 Å². The Hall–Kier alpha value is -2.24. The summed E-state index contributed by atoms with van der Waals surface area (Å²) in [6, 6.07) is 5.02. The fourth-order valence-corrected chi connectivity index (χ4v) is 1.85. The molecule has 1 aromatic carbocycles. The van der Waals surface area contributed by atoms with E-state index in [4.69, 9.17) is 10.5 Å². The number of carbonyl (C=O) groups excluding carboxylic acids is 2. The minimum Gasteiger partial charge on any atom is -0.495 e. The molecule has 0 aliphatic carbocycles. The van der Waals surface area contributed by atoms with Crippen molar-refractivity contribution in [2.45, 2.75) is 6.42 Å². The molecule has 1 aromatic rings. The molecule has 1 aliphatic heterocycles. The molecule has 1 saturated heterocycles. The Morgan fingerprint density at radius 3 is 2.89 bits per heavy atom. The Morgan fingerprint density at radius 2 is 2.33 bits per heavy atom. The summed E-state index contributed by atoms with van der Waals surface area (Å²) >= 11 is 0. The Morgan fingerprint density at radius 1 is 1.56 bits per heavy atom. The van der Waals surface area contributed by atoms with E-state index in [9.17, 15) is 9.59 Å². The lowest BCUT2D eigenvalue weighted by atomic mass is 10.1. The SMILES string of the molecule is COc1ccc(NC(=O)C2CNC(=O)C2)cc1N. The number of nitrogens with one attached hydrogen (secondary N) is 2. The van der Waals surface area contributed by atoms with Crippen molar-refractivity contribution in [3.8, 4) is 5.75 Å². The van der Waals surface area contributed by atoms with E-state index in [-0.39, 0.29) is 24.2 Å². The molecule has 6 nitrogen and oxygen atoms in total. The van der Waals surface area contributed by atoms with Crippen LogP contribution in [-0.4, -0.2) is 25.5 Å². The lowest BCUT2D eigenvalue weighted by Gasteiger charge is -2.11. The van der Waals surface area contributed by atoms with Crippen LogP contribution in [0, 0.1) is 5.92 Å². The first-order valence-corrected chi connectivity index (χ1v) is 5.61. The molecule has 6 heteroatoms. The molecule has 1 atom stereocenters. The molecule has 0 spiro atoms. The van der Waals surface area contributed by atoms with Gasteiger partial charge in [0.25, 0.3) is 0 Å². The number of nitrogen functional groups attached to an aromatic ring is 1. The minimum absolute atomic E-state index is 0.0932. The maximum absolute atomic E-state index is 11.9. The first-order chi connectivity index (χ1) is 8.60. The normalized spacial score (nSPS) is 18.3. The molecule has 1 fully saturated rings. The fourth-order valence-electron chi connectivity index (χ4n) is 1.85. The lowest BCUT2D eigenvalue weighted by Crippen LogP contribution is -2.24. The third-order valence-electron chi connectivity index (χ3n) is 2.85. The van der Waals surface area contributed by atoms with E-state index in [0.717, 1.165) is 0 Å². The summed E-state index contributed by atoms with van der Waals surface area (Å²) in [6.07, 6.45) is 0.234. The van der Waals surface area contributed by atoms with E-state index < -0.39 is 0 Å². The van der Waals surface area contributed by atoms with E-state index >= 15 is 0 Å². The van der Waals surface area contributed by atoms with Crippen molar-refractivity contribution in [3.63, 3.8) is 0 Å². The molecule has 0 bridgehead atoms. The van der Waals surface area contributed by atoms with Crippen molar-refractivity contribution in [1.82, 2.24) is 5.32 Å². The van der Waals surface area contributed by atoms with Crippen LogP contribution in [-0.2, 0) is 9.59 Å². The number of methoxy groups -OCH3 is 1. The molecule has 0 radical (unpaired) electrons. The molecule has 2 amide bonds. The molecule has 4 N–H and O–H groups in total. The van der Waals surface area contributed by atoms with Gasteiger partial charge < -0.3 is 21.1 Å². The fraction of sp³-hybridized carbons (Fsp3) is 0.333. The summed E-state index contributed by atoms with van der Waals surface area (Å²) in [7, 11) is 1.53. The van der Waals surface area contributed by atoms with Crippen molar-refractivity contribution >= 4 is 23.2 Å². The van der Waals surface area contributed by atoms with Gasteiger partial charge in [-0.2, -0.15) is 0 Å². The van der Waals surface area contributed by atoms with Crippen molar-refractivity contribution in [3.05, 3.63) is 18.2 Å². The predicted molar refractivity (Wildman–Crippen MR) is 67.2 cm³/mol. The highest BCUT2D eigenvalue weighted by molar-refractivity contribution is 5.97. The smallest absolute Gasteiger partial charge is 0.229 e. The van der Waals surface area contributed by atoms with E-state index in [1.54, 1.807) is 18.2 Å². The van der Waals surface area contributed by atoms with Crippen molar-refractivity contribution in [2.24, 2.45) is 5.92 Å². The summed E-state index contributed by atoms with van der Waals surface area (Å²) in [4.78, 5) is 22.9. The zero-order valence-electron chi connectivity index (χ0n) is 10.0. The first kappa shape index (κ1) is 12.2. The van der Waals surface area contributed by atoms with Gasteiger partial charge in [0.05, 0.1) is 18.7 Å². The Balaban J connectivity index is 2.03. The second kappa shape index (κ2) is 4.95. The highest BCUT2D eigenvalue weighted by Gasteiger charge is 2.27. The second-order valence-electron chi connectivity index (χ2n) is 4.15. The number of carbonyl (C=O) groups is 2. The van der Waals surface area contributed by atoms with Gasteiger partial charge in [0.1, 0.15) is 5.75 Å². The summed E-state index contributed by atoms with van der Waals surface area (Å²) in [5, 5.41) is 5.35. The van der Waals surface area contributed by atoms with Crippen LogP contribution >= 0.6 is 0 Å². The predicted octanol–water partition coefficient (Wildman–Crippen LogP) is 0.352. The second-order valence-corrected chi connectivity index (χ2v) is 4.15. The van der Waals surface area contributed by atoms with Crippen molar-refractivity contribution in [1.29, 1.82) is 0 Å². The number of ether oxygens (including phenoxy) is 1. The van der Waals surface area contributed by atoms with Gasteiger partial charge in [0.15, 0.2) is 0 Å². The van der Waals surface area contributed by atoms with Gasteiger partial charge >= 0.3 is 0 Å². The number of hydrogen-bond acceptors (Lipinski definition) is 4. The van der Waals surface area contributed by atoms with Crippen LogP contribution in [0.5, 0.6) is 5.75 Å². The molecule has 0 aromatic heterocycles. The van der Waals surface area contributed by atoms with Crippen molar-refractivity contribution in [2.75, 3.05) is 24.7 Å². The third kappa shape index (κ3) is 2.53. The molecule has 1 heterocycles. The average molecular weight is 249 g/mol. The van der Waals surface area contributed by atoms with Gasteiger partial charge in [-0.3, -0.25) is 9.59 Å². The zero-order valence-corrected chi connectivity index (χ0v) is 10.0. The number of anilines is 2. The van der Waals surface area contributed by atoms with Crippen LogP contribution in [0.1, 0.15) is 6.42 Å². The maximum atomic E-state index is 11.9. The summed E-state index contributed by atoms with van der Waals surface area (Å²) in [6.45, 7) is 0.385. The van der Waals surface area contributed by atoms with Crippen LogP contribution in [0.4, 0.5) is 11.4 Å². The van der Waals surface area contributed by atoms with Gasteiger partial charge in [0, 0.05) is 18.7 Å². The van der Waals surface area contributed by atoms with Gasteiger partial charge in [-0.25, -0.2) is 0 Å². The quantitative estimate of drug-likeness (QED) is 0.674. The number of rotatable bonds is 3. The third-order valence-corrected chi connectivity index (χ3v) is 2.85. The van der Waals surface area contributed by atoms with Crippen LogP contribution in [0.3, 0.4) is 0 Å². The highest BCUT2D eigenvalue weighted by atomic mass is 16.5. The van der Waals surface area contributed by atoms with Gasteiger partial charge in [-0.1, -0.05) is 0 Å². The number of hydrogen-bond donors (Lipinski definition) is 3. The standard InChI is InChI=1S/C12H15N3O3/c1-18-10-3-2-8(5-9(10)13)15-12(17)7-4-11(16)14-6-7/h2-3,5,7H,4,6,13H2,1H3,(H,14,16)(H,15,17). The molecule has 1 unspecified atom stereocenters. The van der Waals surface area contributed by atoms with E-state index in [1.807, 2.05) is 0 Å². The summed E-state index contributed by atoms with van der Waals surface area (Å²) in [5.41, 5.74) is 6.79. The van der Waals surface area contributed by atoms with Gasteiger partial charge in [-0.05, 0) is 18.2 Å². The Labute approximate surface area is 104 Å². The molecule has 96 valence electrons. The van der Waals surface area contributed by atoms with Crippen LogP contribution in [0.15, 0.2) is 18.2 Å². The Bertz CT molecular complexity index is 487. The average Bonchev–Trinajstić information content (AvgIpc) is 2.76. The maximum Gasteiger partial charge on any atom is 0.229 e. The number of amides is 2. The van der Waals surface area contributed by atoms with Crippen LogP contribution in [0.25, 0.3) is 0 Å². The molecule has 0 saturated carbocycles. The molecule has 2 rings (SSSR count). The van der Waals surface area contributed by atoms with E-state index in [0.29, 0.717) is 23.7 Å². The topological polar surface area (TPSA) is 93.5 Å². The molecule has 1 aliphatic rings. The minimum atomic E-state index is -0.319. The van der Waals surface area contributed by atoms with Crippen molar-refractivity contribution < 1.29 is 14.3 Å². The highest BCUT2D eigenvalue weighted by Crippen LogP contribution is 2.25.